The summed E-state index contributed by atoms with van der Waals surface area (Å²) in [4.78, 5) is 4.84. The molecular weight excluding hydrogens is 599 g/mol. The molecule has 0 saturated heterocycles. The second kappa shape index (κ2) is 10.2. The average Bonchev–Trinajstić information content (AvgIpc) is 3.62. The number of furan rings is 2. The van der Waals surface area contributed by atoms with Crippen LogP contribution in [0.25, 0.3) is 21.9 Å². The quantitative estimate of drug-likeness (QED) is 0.176. The van der Waals surface area contributed by atoms with Crippen LogP contribution in [0.2, 0.25) is 0 Å². The van der Waals surface area contributed by atoms with Crippen molar-refractivity contribution in [3.63, 3.8) is 0 Å². The summed E-state index contributed by atoms with van der Waals surface area (Å²) < 4.78 is 14.0. The van der Waals surface area contributed by atoms with Crippen LogP contribution < -0.4 is 26.6 Å². The highest BCUT2D eigenvalue weighted by atomic mass is 16.3. The Morgan fingerprint density at radius 1 is 0.510 bits per heavy atom. The molecule has 0 spiro atoms. The predicted molar refractivity (Wildman–Crippen MR) is 207 cm³/mol. The lowest BCUT2D eigenvalue weighted by Crippen LogP contribution is -2.60. The predicted octanol–water partition coefficient (Wildman–Crippen LogP) is 10.5. The molecule has 0 saturated carbocycles. The maximum atomic E-state index is 6.98. The van der Waals surface area contributed by atoms with Gasteiger partial charge in [0.1, 0.15) is 22.5 Å². The van der Waals surface area contributed by atoms with Gasteiger partial charge < -0.3 is 18.6 Å². The van der Waals surface area contributed by atoms with Gasteiger partial charge in [-0.25, -0.2) is 0 Å². The van der Waals surface area contributed by atoms with Crippen LogP contribution in [0.4, 0.5) is 34.1 Å². The third-order valence-corrected chi connectivity index (χ3v) is 10.5. The van der Waals surface area contributed by atoms with E-state index >= 15 is 0 Å². The van der Waals surface area contributed by atoms with Crippen LogP contribution >= 0.6 is 0 Å². The molecule has 49 heavy (non-hydrogen) atoms. The van der Waals surface area contributed by atoms with Crippen LogP contribution in [0.3, 0.4) is 0 Å². The molecule has 7 aromatic rings. The molecule has 5 aromatic carbocycles. The van der Waals surface area contributed by atoms with Crippen LogP contribution in [0, 0.1) is 13.8 Å². The van der Waals surface area contributed by atoms with Crippen molar-refractivity contribution < 1.29 is 8.83 Å². The molecule has 0 fully saturated rings. The number of anilines is 6. The summed E-state index contributed by atoms with van der Waals surface area (Å²) in [5.74, 6) is 0. The van der Waals surface area contributed by atoms with E-state index in [-0.39, 0.29) is 17.5 Å². The van der Waals surface area contributed by atoms with Gasteiger partial charge in [0, 0.05) is 33.5 Å². The molecule has 0 bridgehead atoms. The zero-order chi connectivity index (χ0) is 34.0. The van der Waals surface area contributed by atoms with Crippen molar-refractivity contribution in [1.82, 2.24) is 0 Å². The molecule has 0 aliphatic carbocycles. The van der Waals surface area contributed by atoms with Crippen LogP contribution in [-0.4, -0.2) is 6.71 Å². The number of fused-ring (bicyclic) bond motifs is 8. The molecular formula is C44H41BN2O2. The van der Waals surface area contributed by atoms with E-state index in [0.717, 1.165) is 67.4 Å². The van der Waals surface area contributed by atoms with Gasteiger partial charge in [-0.1, -0.05) is 95.1 Å². The third kappa shape index (κ3) is 4.44. The van der Waals surface area contributed by atoms with Crippen LogP contribution in [0.5, 0.6) is 0 Å². The molecule has 0 radical (unpaired) electrons. The van der Waals surface area contributed by atoms with E-state index in [1.807, 2.05) is 0 Å². The molecule has 0 amide bonds. The zero-order valence-corrected chi connectivity index (χ0v) is 29.6. The number of nitrogens with zero attached hydrogens (tertiary/aromatic N) is 2. The summed E-state index contributed by atoms with van der Waals surface area (Å²) in [6.07, 6.45) is 0. The van der Waals surface area contributed by atoms with Gasteiger partial charge in [-0.2, -0.15) is 0 Å². The van der Waals surface area contributed by atoms with E-state index in [0.29, 0.717) is 0 Å². The largest absolute Gasteiger partial charge is 0.468 e. The van der Waals surface area contributed by atoms with Gasteiger partial charge in [0.05, 0.1) is 11.4 Å². The lowest BCUT2D eigenvalue weighted by atomic mass is 9.37. The van der Waals surface area contributed by atoms with Crippen LogP contribution in [0.15, 0.2) is 112 Å². The highest BCUT2D eigenvalue weighted by Gasteiger charge is 2.49. The summed E-state index contributed by atoms with van der Waals surface area (Å²) in [5, 5.41) is 2.22. The van der Waals surface area contributed by atoms with Crippen LogP contribution in [0.1, 0.15) is 63.8 Å². The Balaban J connectivity index is 1.37. The highest BCUT2D eigenvalue weighted by Crippen LogP contribution is 2.48. The second-order valence-corrected chi connectivity index (χ2v) is 16.0. The molecule has 4 nitrogen and oxygen atoms in total. The molecule has 2 aliphatic heterocycles. The minimum Gasteiger partial charge on any atom is -0.468 e. The van der Waals surface area contributed by atoms with Gasteiger partial charge in [0.15, 0.2) is 0 Å². The summed E-state index contributed by atoms with van der Waals surface area (Å²) in [6.45, 7) is 17.7. The molecule has 5 heteroatoms. The Morgan fingerprint density at radius 2 is 0.918 bits per heavy atom. The monoisotopic (exact) mass is 640 g/mol. The molecule has 9 rings (SSSR count). The van der Waals surface area contributed by atoms with E-state index in [4.69, 9.17) is 8.83 Å². The number of benzene rings is 5. The van der Waals surface area contributed by atoms with Gasteiger partial charge in [-0.15, -0.1) is 0 Å². The Labute approximate surface area is 289 Å². The SMILES string of the molecule is Cc1ccc2oc3c(c2c1)N(c1ccc(C(C)(C)C)cc1)c1cccc2c1B3c1oc3ccc(C)cc3c1N2c1ccc(C(C)(C)C)cc1. The Hall–Kier alpha value is -5.16. The van der Waals surface area contributed by atoms with E-state index in [1.54, 1.807) is 0 Å². The first-order chi connectivity index (χ1) is 23.4. The van der Waals surface area contributed by atoms with Crippen molar-refractivity contribution in [2.45, 2.75) is 66.2 Å². The number of rotatable bonds is 2. The van der Waals surface area contributed by atoms with Crippen molar-refractivity contribution in [2.24, 2.45) is 0 Å². The fourth-order valence-electron chi connectivity index (χ4n) is 7.89. The van der Waals surface area contributed by atoms with E-state index < -0.39 is 0 Å². The van der Waals surface area contributed by atoms with Crippen molar-refractivity contribution in [1.29, 1.82) is 0 Å². The average molecular weight is 641 g/mol. The van der Waals surface area contributed by atoms with Crippen LogP contribution in [-0.2, 0) is 10.8 Å². The maximum Gasteiger partial charge on any atom is 0.342 e. The first kappa shape index (κ1) is 29.9. The van der Waals surface area contributed by atoms with Crippen molar-refractivity contribution in [2.75, 3.05) is 9.80 Å². The summed E-state index contributed by atoms with van der Waals surface area (Å²) in [5.41, 5.74) is 16.6. The van der Waals surface area contributed by atoms with Gasteiger partial charge in [-0.3, -0.25) is 0 Å². The molecule has 0 unspecified atom stereocenters. The molecule has 0 N–H and O–H groups in total. The lowest BCUT2D eigenvalue weighted by molar-refractivity contribution is 0.590. The topological polar surface area (TPSA) is 32.8 Å². The van der Waals surface area contributed by atoms with Gasteiger partial charge in [0.25, 0.3) is 0 Å². The fraction of sp³-hybridized carbons (Fsp3) is 0.227. The first-order valence-electron chi connectivity index (χ1n) is 17.4. The number of hydrogen-bond acceptors (Lipinski definition) is 4. The zero-order valence-electron chi connectivity index (χ0n) is 29.6. The maximum absolute atomic E-state index is 6.98. The number of aryl methyl sites for hydroxylation is 2. The van der Waals surface area contributed by atoms with Crippen molar-refractivity contribution in [3.8, 4) is 0 Å². The van der Waals surface area contributed by atoms with Gasteiger partial charge in [0.2, 0.25) is 0 Å². The molecule has 242 valence electrons. The Kier molecular flexibility index (Phi) is 6.22. The lowest BCUT2D eigenvalue weighted by Gasteiger charge is -2.40. The normalized spacial score (nSPS) is 14.0. The Morgan fingerprint density at radius 3 is 1.31 bits per heavy atom. The fourth-order valence-corrected chi connectivity index (χ4v) is 7.89. The third-order valence-electron chi connectivity index (χ3n) is 10.5. The second-order valence-electron chi connectivity index (χ2n) is 16.0. The summed E-state index contributed by atoms with van der Waals surface area (Å²) in [7, 11) is 0. The summed E-state index contributed by atoms with van der Waals surface area (Å²) >= 11 is 0. The van der Waals surface area contributed by atoms with Crippen molar-refractivity contribution >= 4 is 79.6 Å². The summed E-state index contributed by atoms with van der Waals surface area (Å²) in [6, 6.07) is 37.9. The molecule has 4 heterocycles. The van der Waals surface area contributed by atoms with E-state index in [1.165, 1.54) is 27.7 Å². The minimum absolute atomic E-state index is 0.0567. The molecule has 2 aromatic heterocycles. The van der Waals surface area contributed by atoms with Gasteiger partial charge in [-0.05, 0) is 102 Å². The Bertz CT molecular complexity index is 2270. The molecule has 0 atom stereocenters. The van der Waals surface area contributed by atoms with E-state index in [9.17, 15) is 0 Å². The van der Waals surface area contributed by atoms with E-state index in [2.05, 4.69) is 168 Å². The minimum atomic E-state index is -0.216. The first-order valence-corrected chi connectivity index (χ1v) is 17.4. The van der Waals surface area contributed by atoms with Crippen molar-refractivity contribution in [3.05, 3.63) is 125 Å². The smallest absolute Gasteiger partial charge is 0.342 e. The highest BCUT2D eigenvalue weighted by molar-refractivity contribution is 6.99. The van der Waals surface area contributed by atoms with Gasteiger partial charge >= 0.3 is 6.71 Å². The standard InChI is InChI=1S/C44H41BN2O2/c1-26-12-22-36-32(24-26)39-41(48-36)45-38-34(46(39)30-18-14-28(15-19-30)43(3,4)5)10-9-11-35(38)47(31-20-16-29(17-21-31)44(6,7)8)40-33-25-27(2)13-23-37(33)49-42(40)45/h9-25H,1-8H3. The number of hydrogen-bond donors (Lipinski definition) is 0. The molecule has 2 aliphatic rings.